The zero-order chi connectivity index (χ0) is 13.1. The lowest BCUT2D eigenvalue weighted by atomic mass is 9.92. The van der Waals surface area contributed by atoms with Gasteiger partial charge in [-0.2, -0.15) is 5.10 Å². The van der Waals surface area contributed by atoms with Crippen LogP contribution in [0, 0.1) is 0 Å². The van der Waals surface area contributed by atoms with Gasteiger partial charge in [0.25, 0.3) is 5.56 Å². The van der Waals surface area contributed by atoms with E-state index in [0.717, 1.165) is 10.4 Å². The third-order valence-electron chi connectivity index (χ3n) is 2.22. The number of esters is 1. The Morgan fingerprint density at radius 2 is 2.06 bits per heavy atom. The fourth-order valence-electron chi connectivity index (χ4n) is 1.29. The highest BCUT2D eigenvalue weighted by molar-refractivity contribution is 5.68. The average Bonchev–Trinajstić information content (AvgIpc) is 2.20. The number of carbonyl (C=O) groups is 1. The van der Waals surface area contributed by atoms with Crippen molar-refractivity contribution in [2.24, 2.45) is 0 Å². The number of hydrogen-bond acceptors (Lipinski definition) is 4. The molecule has 0 bridgehead atoms. The molecule has 0 unspecified atom stereocenters. The molecule has 5 heteroatoms. The van der Waals surface area contributed by atoms with Crippen LogP contribution in [0.4, 0.5) is 0 Å². The highest BCUT2D eigenvalue weighted by atomic mass is 16.5. The summed E-state index contributed by atoms with van der Waals surface area (Å²) in [5.74, 6) is -0.451. The first-order valence-electron chi connectivity index (χ1n) is 5.59. The van der Waals surface area contributed by atoms with Crippen LogP contribution in [0.15, 0.2) is 16.9 Å². The first-order chi connectivity index (χ1) is 7.84. The van der Waals surface area contributed by atoms with Crippen molar-refractivity contribution in [3.8, 4) is 0 Å². The standard InChI is InChI=1S/C12H18N2O3/c1-5-17-11(16)8-14-10(15)7-6-9(13-14)12(2,3)4/h6-7H,5,8H2,1-4H3. The third-order valence-corrected chi connectivity index (χ3v) is 2.22. The Morgan fingerprint density at radius 3 is 2.59 bits per heavy atom. The number of hydrogen-bond donors (Lipinski definition) is 0. The molecule has 0 N–H and O–H groups in total. The summed E-state index contributed by atoms with van der Waals surface area (Å²) in [5.41, 5.74) is 0.303. The van der Waals surface area contributed by atoms with E-state index in [0.29, 0.717) is 6.61 Å². The van der Waals surface area contributed by atoms with Crippen molar-refractivity contribution < 1.29 is 9.53 Å². The molecule has 5 nitrogen and oxygen atoms in total. The third kappa shape index (κ3) is 3.69. The van der Waals surface area contributed by atoms with Crippen molar-refractivity contribution in [1.82, 2.24) is 9.78 Å². The summed E-state index contributed by atoms with van der Waals surface area (Å²) in [7, 11) is 0. The number of rotatable bonds is 3. The molecule has 0 aliphatic rings. The zero-order valence-electron chi connectivity index (χ0n) is 10.7. The van der Waals surface area contributed by atoms with Gasteiger partial charge in [-0.1, -0.05) is 20.8 Å². The van der Waals surface area contributed by atoms with Crippen molar-refractivity contribution in [2.75, 3.05) is 6.61 Å². The topological polar surface area (TPSA) is 61.2 Å². The van der Waals surface area contributed by atoms with E-state index in [9.17, 15) is 9.59 Å². The number of ether oxygens (including phenoxy) is 1. The first-order valence-corrected chi connectivity index (χ1v) is 5.59. The van der Waals surface area contributed by atoms with E-state index >= 15 is 0 Å². The molecular weight excluding hydrogens is 220 g/mol. The summed E-state index contributed by atoms with van der Waals surface area (Å²) in [6.07, 6.45) is 0. The smallest absolute Gasteiger partial charge is 0.327 e. The van der Waals surface area contributed by atoms with Gasteiger partial charge in [-0.25, -0.2) is 4.68 Å². The normalized spacial score (nSPS) is 11.3. The number of aromatic nitrogens is 2. The molecule has 1 heterocycles. The van der Waals surface area contributed by atoms with Gasteiger partial charge < -0.3 is 4.74 Å². The Kier molecular flexibility index (Phi) is 4.04. The van der Waals surface area contributed by atoms with E-state index in [1.165, 1.54) is 6.07 Å². The monoisotopic (exact) mass is 238 g/mol. The predicted octanol–water partition coefficient (Wildman–Crippen LogP) is 1.10. The second kappa shape index (κ2) is 5.12. The molecule has 1 rings (SSSR count). The summed E-state index contributed by atoms with van der Waals surface area (Å²) >= 11 is 0. The minimum absolute atomic E-state index is 0.142. The van der Waals surface area contributed by atoms with Gasteiger partial charge in [0.1, 0.15) is 6.54 Å². The molecule has 0 aliphatic carbocycles. The molecular formula is C12H18N2O3. The Hall–Kier alpha value is -1.65. The summed E-state index contributed by atoms with van der Waals surface area (Å²) in [5, 5.41) is 4.17. The van der Waals surface area contributed by atoms with Gasteiger partial charge in [0.15, 0.2) is 0 Å². The van der Waals surface area contributed by atoms with Crippen molar-refractivity contribution in [2.45, 2.75) is 39.7 Å². The molecule has 0 aromatic carbocycles. The fourth-order valence-corrected chi connectivity index (χ4v) is 1.29. The highest BCUT2D eigenvalue weighted by Crippen LogP contribution is 2.17. The largest absolute Gasteiger partial charge is 0.465 e. The Bertz CT molecular complexity index is 458. The summed E-state index contributed by atoms with van der Waals surface area (Å²) in [4.78, 5) is 22.8. The van der Waals surface area contributed by atoms with Crippen LogP contribution < -0.4 is 5.56 Å². The van der Waals surface area contributed by atoms with Crippen molar-refractivity contribution in [1.29, 1.82) is 0 Å². The average molecular weight is 238 g/mol. The van der Waals surface area contributed by atoms with E-state index in [1.54, 1.807) is 13.0 Å². The van der Waals surface area contributed by atoms with Crippen LogP contribution in [0.5, 0.6) is 0 Å². The second-order valence-electron chi connectivity index (χ2n) is 4.77. The minimum Gasteiger partial charge on any atom is -0.465 e. The quantitative estimate of drug-likeness (QED) is 0.740. The Balaban J connectivity index is 2.99. The number of carbonyl (C=O) groups excluding carboxylic acids is 1. The van der Waals surface area contributed by atoms with Crippen molar-refractivity contribution in [3.05, 3.63) is 28.2 Å². The molecule has 17 heavy (non-hydrogen) atoms. The summed E-state index contributed by atoms with van der Waals surface area (Å²) in [6.45, 7) is 7.86. The van der Waals surface area contributed by atoms with E-state index in [2.05, 4.69) is 5.10 Å². The molecule has 1 aromatic rings. The molecule has 0 fully saturated rings. The lowest BCUT2D eigenvalue weighted by Gasteiger charge is -2.18. The lowest BCUT2D eigenvalue weighted by molar-refractivity contribution is -0.144. The van der Waals surface area contributed by atoms with Crippen LogP contribution in [0.25, 0.3) is 0 Å². The van der Waals surface area contributed by atoms with Gasteiger partial charge in [-0.3, -0.25) is 9.59 Å². The molecule has 0 amide bonds. The molecule has 94 valence electrons. The Labute approximate surface area is 100 Å². The van der Waals surface area contributed by atoms with Gasteiger partial charge in [0.2, 0.25) is 0 Å². The number of nitrogens with zero attached hydrogens (tertiary/aromatic N) is 2. The maximum absolute atomic E-state index is 11.5. The summed E-state index contributed by atoms with van der Waals surface area (Å²) < 4.78 is 5.93. The van der Waals surface area contributed by atoms with Gasteiger partial charge in [0, 0.05) is 11.5 Å². The van der Waals surface area contributed by atoms with Crippen LogP contribution in [-0.2, 0) is 21.5 Å². The minimum atomic E-state index is -0.451. The molecule has 0 spiro atoms. The van der Waals surface area contributed by atoms with E-state index in [1.807, 2.05) is 20.8 Å². The molecule has 0 saturated heterocycles. The van der Waals surface area contributed by atoms with Gasteiger partial charge in [-0.05, 0) is 13.0 Å². The Morgan fingerprint density at radius 1 is 1.41 bits per heavy atom. The lowest BCUT2D eigenvalue weighted by Crippen LogP contribution is -2.30. The molecule has 1 aromatic heterocycles. The van der Waals surface area contributed by atoms with Crippen molar-refractivity contribution in [3.63, 3.8) is 0 Å². The van der Waals surface area contributed by atoms with Crippen LogP contribution in [-0.4, -0.2) is 22.4 Å². The predicted molar refractivity (Wildman–Crippen MR) is 63.8 cm³/mol. The van der Waals surface area contributed by atoms with Gasteiger partial charge in [-0.15, -0.1) is 0 Å². The van der Waals surface area contributed by atoms with E-state index in [-0.39, 0.29) is 17.5 Å². The summed E-state index contributed by atoms with van der Waals surface area (Å²) in [6, 6.07) is 3.11. The molecule has 0 aliphatic heterocycles. The fraction of sp³-hybridized carbons (Fsp3) is 0.583. The molecule has 0 atom stereocenters. The van der Waals surface area contributed by atoms with Crippen LogP contribution in [0.2, 0.25) is 0 Å². The molecule has 0 radical (unpaired) electrons. The second-order valence-corrected chi connectivity index (χ2v) is 4.77. The highest BCUT2D eigenvalue weighted by Gasteiger charge is 2.17. The van der Waals surface area contributed by atoms with Crippen LogP contribution in [0.1, 0.15) is 33.4 Å². The van der Waals surface area contributed by atoms with E-state index < -0.39 is 5.97 Å². The molecule has 0 saturated carbocycles. The van der Waals surface area contributed by atoms with Gasteiger partial charge in [0.05, 0.1) is 12.3 Å². The van der Waals surface area contributed by atoms with Crippen molar-refractivity contribution >= 4 is 5.97 Å². The SMILES string of the molecule is CCOC(=O)Cn1nc(C(C)(C)C)ccc1=O. The van der Waals surface area contributed by atoms with Gasteiger partial charge >= 0.3 is 5.97 Å². The van der Waals surface area contributed by atoms with Crippen LogP contribution in [0.3, 0.4) is 0 Å². The van der Waals surface area contributed by atoms with E-state index in [4.69, 9.17) is 4.74 Å². The van der Waals surface area contributed by atoms with Crippen LogP contribution >= 0.6 is 0 Å². The maximum atomic E-state index is 11.5. The zero-order valence-corrected chi connectivity index (χ0v) is 10.7. The maximum Gasteiger partial charge on any atom is 0.327 e. The first kappa shape index (κ1) is 13.4.